The number of nitrogens with one attached hydrogen (secondary N) is 1. The third-order valence-corrected chi connectivity index (χ3v) is 4.62. The molecule has 0 bridgehead atoms. The smallest absolute Gasteiger partial charge is 0.122 e. The third kappa shape index (κ3) is 6.35. The lowest BCUT2D eigenvalue weighted by Gasteiger charge is -2.15. The van der Waals surface area contributed by atoms with Gasteiger partial charge in [0.05, 0.1) is 6.10 Å². The van der Waals surface area contributed by atoms with Gasteiger partial charge in [0.1, 0.15) is 12.4 Å². The van der Waals surface area contributed by atoms with Crippen LogP contribution in [-0.4, -0.2) is 30.4 Å². The van der Waals surface area contributed by atoms with Gasteiger partial charge in [-0.1, -0.05) is 48.5 Å². The summed E-state index contributed by atoms with van der Waals surface area (Å²) >= 11 is 0. The average molecular weight is 362 g/mol. The number of aliphatic hydroxyl groups is 1. The molecule has 1 saturated heterocycles. The van der Waals surface area contributed by atoms with Crippen LogP contribution in [0.1, 0.15) is 30.4 Å². The second kappa shape index (κ2) is 10.4. The molecule has 2 aromatic carbocycles. The summed E-state index contributed by atoms with van der Waals surface area (Å²) in [5.41, 5.74) is 2.69. The molecule has 4 heteroatoms. The predicted molar refractivity (Wildman–Crippen MR) is 105 cm³/mol. The fourth-order valence-corrected chi connectivity index (χ4v) is 3.26. The van der Waals surface area contributed by atoms with Gasteiger partial charge in [-0.05, 0) is 49.3 Å². The molecule has 3 nitrogen and oxygen atoms in total. The number of aliphatic hydroxyl groups excluding tert-OH is 1. The first-order chi connectivity index (χ1) is 11.8. The van der Waals surface area contributed by atoms with Crippen molar-refractivity contribution in [2.75, 3.05) is 13.2 Å². The van der Waals surface area contributed by atoms with E-state index in [0.29, 0.717) is 13.2 Å². The average Bonchev–Trinajstić information content (AvgIpc) is 3.04. The van der Waals surface area contributed by atoms with E-state index in [1.807, 2.05) is 6.07 Å². The van der Waals surface area contributed by atoms with Crippen LogP contribution in [-0.2, 0) is 12.8 Å². The van der Waals surface area contributed by atoms with Gasteiger partial charge >= 0.3 is 0 Å². The Morgan fingerprint density at radius 3 is 2.44 bits per heavy atom. The highest BCUT2D eigenvalue weighted by Crippen LogP contribution is 2.21. The molecule has 0 spiro atoms. The molecule has 1 fully saturated rings. The monoisotopic (exact) mass is 361 g/mol. The molecule has 0 aliphatic carbocycles. The van der Waals surface area contributed by atoms with Crippen molar-refractivity contribution in [1.82, 2.24) is 5.32 Å². The minimum Gasteiger partial charge on any atom is -0.492 e. The maximum absolute atomic E-state index is 9.57. The Morgan fingerprint density at radius 2 is 1.68 bits per heavy atom. The number of halogens is 1. The van der Waals surface area contributed by atoms with Gasteiger partial charge in [-0.25, -0.2) is 0 Å². The summed E-state index contributed by atoms with van der Waals surface area (Å²) in [7, 11) is 0. The number of hydrogen-bond acceptors (Lipinski definition) is 3. The maximum Gasteiger partial charge on any atom is 0.122 e. The van der Waals surface area contributed by atoms with Crippen molar-refractivity contribution in [1.29, 1.82) is 0 Å². The van der Waals surface area contributed by atoms with Gasteiger partial charge in [-0.15, -0.1) is 12.4 Å². The summed E-state index contributed by atoms with van der Waals surface area (Å²) in [6, 6.07) is 19.2. The minimum absolute atomic E-state index is 0. The van der Waals surface area contributed by atoms with Crippen LogP contribution in [0.2, 0.25) is 0 Å². The molecule has 1 aliphatic heterocycles. The Hall–Kier alpha value is -1.55. The lowest BCUT2D eigenvalue weighted by molar-refractivity contribution is 0.187. The maximum atomic E-state index is 9.57. The number of rotatable bonds is 8. The zero-order chi connectivity index (χ0) is 16.6. The molecule has 0 amide bonds. The first-order valence-corrected chi connectivity index (χ1v) is 8.97. The van der Waals surface area contributed by atoms with E-state index in [-0.39, 0.29) is 24.6 Å². The van der Waals surface area contributed by atoms with E-state index in [1.165, 1.54) is 17.5 Å². The van der Waals surface area contributed by atoms with Gasteiger partial charge < -0.3 is 15.2 Å². The number of hydrogen-bond donors (Lipinski definition) is 2. The number of aryl methyl sites for hydroxylation is 2. The highest BCUT2D eigenvalue weighted by atomic mass is 35.5. The van der Waals surface area contributed by atoms with Crippen molar-refractivity contribution < 1.29 is 9.84 Å². The number of β-amino-alcohol motifs (C(OH)–C–C–N with tert-alkyl or cyclic N) is 1. The summed E-state index contributed by atoms with van der Waals surface area (Å²) in [6.07, 6.45) is 5.08. The van der Waals surface area contributed by atoms with Gasteiger partial charge in [0.15, 0.2) is 0 Å². The molecular weight excluding hydrogens is 334 g/mol. The quantitative estimate of drug-likeness (QED) is 0.703. The standard InChI is InChI=1S/C21H27NO2.ClH/c23-20-14-19(22-15-20)16-24-21-13-7-6-12-18(21)11-5-4-10-17-8-2-1-3-9-17;/h1-3,6-9,12-13,19-20,22-23H,4-5,10-11,14-16H2;1H/t19?,20-;/m1./s1. The van der Waals surface area contributed by atoms with Crippen LogP contribution < -0.4 is 10.1 Å². The molecule has 1 aliphatic rings. The Kier molecular flexibility index (Phi) is 8.26. The Morgan fingerprint density at radius 1 is 0.960 bits per heavy atom. The van der Waals surface area contributed by atoms with Crippen LogP contribution >= 0.6 is 12.4 Å². The molecule has 0 aromatic heterocycles. The summed E-state index contributed by atoms with van der Waals surface area (Å²) < 4.78 is 6.01. The summed E-state index contributed by atoms with van der Waals surface area (Å²) in [5.74, 6) is 0.986. The van der Waals surface area contributed by atoms with Gasteiger partial charge in [0.25, 0.3) is 0 Å². The zero-order valence-electron chi connectivity index (χ0n) is 14.6. The van der Waals surface area contributed by atoms with E-state index in [0.717, 1.165) is 31.4 Å². The van der Waals surface area contributed by atoms with E-state index < -0.39 is 0 Å². The van der Waals surface area contributed by atoms with Crippen LogP contribution in [0.3, 0.4) is 0 Å². The van der Waals surface area contributed by atoms with E-state index in [4.69, 9.17) is 4.74 Å². The molecule has 0 radical (unpaired) electrons. The number of para-hydroxylation sites is 1. The second-order valence-corrected chi connectivity index (χ2v) is 6.61. The van der Waals surface area contributed by atoms with Crippen LogP contribution in [0.5, 0.6) is 5.75 Å². The molecule has 2 atom stereocenters. The molecule has 1 heterocycles. The Balaban J connectivity index is 0.00000225. The van der Waals surface area contributed by atoms with Crippen molar-refractivity contribution in [2.45, 2.75) is 44.2 Å². The summed E-state index contributed by atoms with van der Waals surface area (Å²) in [6.45, 7) is 1.30. The summed E-state index contributed by atoms with van der Waals surface area (Å²) in [5, 5.41) is 12.9. The van der Waals surface area contributed by atoms with Crippen molar-refractivity contribution in [3.63, 3.8) is 0 Å². The topological polar surface area (TPSA) is 41.5 Å². The number of unbranched alkanes of at least 4 members (excludes halogenated alkanes) is 1. The van der Waals surface area contributed by atoms with Gasteiger partial charge in [0.2, 0.25) is 0 Å². The minimum atomic E-state index is -0.230. The SMILES string of the molecule is Cl.O[C@H]1CNC(COc2ccccc2CCCCc2ccccc2)C1. The molecule has 2 aromatic rings. The lowest BCUT2D eigenvalue weighted by atomic mass is 10.0. The molecule has 3 rings (SSSR count). The molecule has 2 N–H and O–H groups in total. The summed E-state index contributed by atoms with van der Waals surface area (Å²) in [4.78, 5) is 0. The van der Waals surface area contributed by atoms with Crippen LogP contribution in [0.4, 0.5) is 0 Å². The van der Waals surface area contributed by atoms with Crippen molar-refractivity contribution in [3.8, 4) is 5.75 Å². The van der Waals surface area contributed by atoms with E-state index in [2.05, 4.69) is 53.8 Å². The molecule has 136 valence electrons. The lowest BCUT2D eigenvalue weighted by Crippen LogP contribution is -2.28. The largest absolute Gasteiger partial charge is 0.492 e. The molecular formula is C21H28ClNO2. The first-order valence-electron chi connectivity index (χ1n) is 8.97. The highest BCUT2D eigenvalue weighted by molar-refractivity contribution is 5.85. The normalized spacial score (nSPS) is 19.4. The van der Waals surface area contributed by atoms with Crippen LogP contribution in [0, 0.1) is 0 Å². The Labute approximate surface area is 156 Å². The van der Waals surface area contributed by atoms with E-state index in [9.17, 15) is 5.11 Å². The predicted octanol–water partition coefficient (Wildman–Crippen LogP) is 3.78. The van der Waals surface area contributed by atoms with Crippen LogP contribution in [0.15, 0.2) is 54.6 Å². The number of benzene rings is 2. The first kappa shape index (κ1) is 19.8. The molecule has 25 heavy (non-hydrogen) atoms. The third-order valence-electron chi connectivity index (χ3n) is 4.62. The molecule has 1 unspecified atom stereocenters. The molecule has 0 saturated carbocycles. The fraction of sp³-hybridized carbons (Fsp3) is 0.429. The van der Waals surface area contributed by atoms with Gasteiger partial charge in [0, 0.05) is 12.6 Å². The van der Waals surface area contributed by atoms with Crippen molar-refractivity contribution in [3.05, 3.63) is 65.7 Å². The van der Waals surface area contributed by atoms with Crippen molar-refractivity contribution >= 4 is 12.4 Å². The van der Waals surface area contributed by atoms with Crippen LogP contribution in [0.25, 0.3) is 0 Å². The highest BCUT2D eigenvalue weighted by Gasteiger charge is 2.22. The van der Waals surface area contributed by atoms with Gasteiger partial charge in [-0.3, -0.25) is 0 Å². The van der Waals surface area contributed by atoms with Gasteiger partial charge in [-0.2, -0.15) is 0 Å². The van der Waals surface area contributed by atoms with E-state index >= 15 is 0 Å². The zero-order valence-corrected chi connectivity index (χ0v) is 15.4. The second-order valence-electron chi connectivity index (χ2n) is 6.61. The Bertz CT molecular complexity index is 620. The van der Waals surface area contributed by atoms with E-state index in [1.54, 1.807) is 0 Å². The fourth-order valence-electron chi connectivity index (χ4n) is 3.26. The van der Waals surface area contributed by atoms with Crippen molar-refractivity contribution in [2.24, 2.45) is 0 Å². The number of ether oxygens (including phenoxy) is 1.